The lowest BCUT2D eigenvalue weighted by Gasteiger charge is -2.32. The van der Waals surface area contributed by atoms with Crippen molar-refractivity contribution in [3.05, 3.63) is 41.7 Å². The van der Waals surface area contributed by atoms with Crippen LogP contribution in [0.1, 0.15) is 39.5 Å². The molecule has 0 bridgehead atoms. The molecule has 0 N–H and O–H groups in total. The van der Waals surface area contributed by atoms with Gasteiger partial charge in [0.25, 0.3) is 11.8 Å². The molecule has 2 aromatic heterocycles. The highest BCUT2D eigenvalue weighted by molar-refractivity contribution is 5.92. The van der Waals surface area contributed by atoms with E-state index in [1.54, 1.807) is 44.2 Å². The van der Waals surface area contributed by atoms with Crippen LogP contribution in [0.4, 0.5) is 0 Å². The summed E-state index contributed by atoms with van der Waals surface area (Å²) in [5, 5.41) is 4.21. The normalized spacial score (nSPS) is 17.2. The average Bonchev–Trinajstić information content (AvgIpc) is 3.07. The van der Waals surface area contributed by atoms with Gasteiger partial charge in [0.2, 0.25) is 0 Å². The number of amides is 2. The molecule has 3 rings (SSSR count). The highest BCUT2D eigenvalue weighted by Crippen LogP contribution is 2.21. The van der Waals surface area contributed by atoms with Crippen molar-refractivity contribution < 1.29 is 9.59 Å². The lowest BCUT2D eigenvalue weighted by molar-refractivity contribution is 0.0666. The molecule has 0 spiro atoms. The number of aryl methyl sites for hydroxylation is 1. The molecule has 0 radical (unpaired) electrons. The minimum Gasteiger partial charge on any atom is -0.343 e. The predicted octanol–water partition coefficient (Wildman–Crippen LogP) is 1.01. The molecular formula is C18H24N6O2. The van der Waals surface area contributed by atoms with Crippen molar-refractivity contribution in [3.63, 3.8) is 0 Å². The van der Waals surface area contributed by atoms with E-state index in [-0.39, 0.29) is 11.8 Å². The highest BCUT2D eigenvalue weighted by atomic mass is 16.2. The molecule has 1 saturated heterocycles. The van der Waals surface area contributed by atoms with Crippen LogP contribution in [-0.2, 0) is 13.5 Å². The van der Waals surface area contributed by atoms with E-state index in [2.05, 4.69) is 15.1 Å². The number of hydrogen-bond donors (Lipinski definition) is 0. The Morgan fingerprint density at radius 1 is 1.27 bits per heavy atom. The fourth-order valence-electron chi connectivity index (χ4n) is 3.26. The van der Waals surface area contributed by atoms with E-state index >= 15 is 0 Å². The summed E-state index contributed by atoms with van der Waals surface area (Å²) in [5.41, 5.74) is 1.72. The van der Waals surface area contributed by atoms with Crippen LogP contribution in [0.2, 0.25) is 0 Å². The molecule has 2 aromatic rings. The fourth-order valence-corrected chi connectivity index (χ4v) is 3.26. The van der Waals surface area contributed by atoms with Crippen LogP contribution >= 0.6 is 0 Å². The maximum absolute atomic E-state index is 12.6. The summed E-state index contributed by atoms with van der Waals surface area (Å²) in [5.74, 6) is 0.152. The average molecular weight is 356 g/mol. The minimum atomic E-state index is -0.135. The third-order valence-corrected chi connectivity index (χ3v) is 4.59. The van der Waals surface area contributed by atoms with Crippen molar-refractivity contribution in [3.8, 4) is 0 Å². The Kier molecular flexibility index (Phi) is 5.29. The number of carbonyl (C=O) groups excluding carboxylic acids is 2. The molecule has 1 fully saturated rings. The van der Waals surface area contributed by atoms with E-state index in [1.165, 1.54) is 11.2 Å². The second-order valence-corrected chi connectivity index (χ2v) is 6.93. The van der Waals surface area contributed by atoms with Gasteiger partial charge in [0.15, 0.2) is 0 Å². The minimum absolute atomic E-state index is 0.0264. The first kappa shape index (κ1) is 18.0. The van der Waals surface area contributed by atoms with Crippen LogP contribution in [0.15, 0.2) is 24.7 Å². The highest BCUT2D eigenvalue weighted by Gasteiger charge is 2.26. The summed E-state index contributed by atoms with van der Waals surface area (Å²) in [6.07, 6.45) is 5.93. The molecular weight excluding hydrogens is 332 g/mol. The summed E-state index contributed by atoms with van der Waals surface area (Å²) >= 11 is 0. The van der Waals surface area contributed by atoms with E-state index < -0.39 is 0 Å². The van der Waals surface area contributed by atoms with Gasteiger partial charge in [-0.3, -0.25) is 14.3 Å². The third-order valence-electron chi connectivity index (χ3n) is 4.59. The first-order valence-electron chi connectivity index (χ1n) is 8.75. The fraction of sp³-hybridized carbons (Fsp3) is 0.500. The summed E-state index contributed by atoms with van der Waals surface area (Å²) in [7, 11) is 5.20. The van der Waals surface area contributed by atoms with Gasteiger partial charge in [-0.15, -0.1) is 0 Å². The summed E-state index contributed by atoms with van der Waals surface area (Å²) in [4.78, 5) is 36.4. The number of hydrogen-bond acceptors (Lipinski definition) is 5. The van der Waals surface area contributed by atoms with Crippen molar-refractivity contribution in [2.24, 2.45) is 13.0 Å². The van der Waals surface area contributed by atoms with E-state index in [0.717, 1.165) is 31.5 Å². The molecule has 1 aliphatic heterocycles. The van der Waals surface area contributed by atoms with Gasteiger partial charge in [-0.2, -0.15) is 5.10 Å². The maximum atomic E-state index is 12.6. The first-order valence-corrected chi connectivity index (χ1v) is 8.75. The Balaban J connectivity index is 1.66. The van der Waals surface area contributed by atoms with Crippen molar-refractivity contribution in [2.75, 3.05) is 27.2 Å². The van der Waals surface area contributed by atoms with Crippen LogP contribution < -0.4 is 0 Å². The molecule has 0 aliphatic carbocycles. The van der Waals surface area contributed by atoms with Crippen LogP contribution in [0.25, 0.3) is 0 Å². The van der Waals surface area contributed by atoms with Crippen molar-refractivity contribution >= 4 is 11.8 Å². The number of likely N-dealkylation sites (tertiary alicyclic amines) is 1. The lowest BCUT2D eigenvalue weighted by Crippen LogP contribution is -2.40. The lowest BCUT2D eigenvalue weighted by atomic mass is 9.93. The molecule has 2 amide bonds. The first-order chi connectivity index (χ1) is 12.4. The third kappa shape index (κ3) is 4.07. The smallest absolute Gasteiger partial charge is 0.274 e. The zero-order valence-electron chi connectivity index (χ0n) is 15.4. The Morgan fingerprint density at radius 2 is 2.08 bits per heavy atom. The number of nitrogens with zero attached hydrogens (tertiary/aromatic N) is 6. The summed E-state index contributed by atoms with van der Waals surface area (Å²) in [6.45, 7) is 1.43. The van der Waals surface area contributed by atoms with Gasteiger partial charge in [-0.1, -0.05) is 0 Å². The molecule has 0 unspecified atom stereocenters. The molecule has 3 heterocycles. The van der Waals surface area contributed by atoms with Gasteiger partial charge < -0.3 is 9.80 Å². The second-order valence-electron chi connectivity index (χ2n) is 6.93. The van der Waals surface area contributed by atoms with Gasteiger partial charge in [0.1, 0.15) is 17.7 Å². The standard InChI is InChI=1S/C18H24N6O2/c1-22(2)17(25)16-10-14(19-12-20-16)9-13-5-4-7-24(11-13)18(26)15-6-8-23(3)21-15/h6,8,10,12-13H,4-5,7,9,11H2,1-3H3/t13-/m1/s1. The molecule has 0 aromatic carbocycles. The van der Waals surface area contributed by atoms with E-state index in [4.69, 9.17) is 0 Å². The van der Waals surface area contributed by atoms with E-state index in [9.17, 15) is 9.59 Å². The van der Waals surface area contributed by atoms with Crippen molar-refractivity contribution in [1.82, 2.24) is 29.5 Å². The van der Waals surface area contributed by atoms with Gasteiger partial charge in [-0.25, -0.2) is 9.97 Å². The van der Waals surface area contributed by atoms with Crippen LogP contribution in [0.5, 0.6) is 0 Å². The zero-order chi connectivity index (χ0) is 18.7. The maximum Gasteiger partial charge on any atom is 0.274 e. The molecule has 1 aliphatic rings. The van der Waals surface area contributed by atoms with Gasteiger partial charge >= 0.3 is 0 Å². The number of piperidine rings is 1. The van der Waals surface area contributed by atoms with Crippen molar-refractivity contribution in [1.29, 1.82) is 0 Å². The van der Waals surface area contributed by atoms with Crippen LogP contribution in [-0.4, -0.2) is 68.5 Å². The Morgan fingerprint density at radius 3 is 2.77 bits per heavy atom. The van der Waals surface area contributed by atoms with E-state index in [1.807, 2.05) is 4.90 Å². The predicted molar refractivity (Wildman–Crippen MR) is 95.6 cm³/mol. The Labute approximate surface area is 152 Å². The summed E-state index contributed by atoms with van der Waals surface area (Å²) in [6, 6.07) is 3.50. The van der Waals surface area contributed by atoms with Crippen LogP contribution in [0.3, 0.4) is 0 Å². The molecule has 8 nitrogen and oxygen atoms in total. The van der Waals surface area contributed by atoms with Gasteiger partial charge in [-0.05, 0) is 37.3 Å². The number of aromatic nitrogens is 4. The Hall–Kier alpha value is -2.77. The molecule has 0 saturated carbocycles. The van der Waals surface area contributed by atoms with Gasteiger partial charge in [0.05, 0.1) is 0 Å². The largest absolute Gasteiger partial charge is 0.343 e. The molecule has 26 heavy (non-hydrogen) atoms. The monoisotopic (exact) mass is 356 g/mol. The molecule has 138 valence electrons. The van der Waals surface area contributed by atoms with E-state index in [0.29, 0.717) is 23.9 Å². The molecule has 8 heteroatoms. The van der Waals surface area contributed by atoms with Crippen LogP contribution in [0, 0.1) is 5.92 Å². The number of carbonyl (C=O) groups is 2. The zero-order valence-corrected chi connectivity index (χ0v) is 15.4. The Bertz CT molecular complexity index is 800. The topological polar surface area (TPSA) is 84.2 Å². The van der Waals surface area contributed by atoms with Gasteiger partial charge in [0, 0.05) is 46.1 Å². The quantitative estimate of drug-likeness (QED) is 0.816. The van der Waals surface area contributed by atoms with Crippen molar-refractivity contribution in [2.45, 2.75) is 19.3 Å². The SMILES string of the molecule is CN(C)C(=O)c1cc(C[C@H]2CCCN(C(=O)c3ccn(C)n3)C2)ncn1. The molecule has 1 atom stereocenters. The summed E-state index contributed by atoms with van der Waals surface area (Å²) < 4.78 is 1.64. The number of rotatable bonds is 4. The second kappa shape index (κ2) is 7.63.